The molecule has 6 nitrogen and oxygen atoms in total. The van der Waals surface area contributed by atoms with Crippen molar-refractivity contribution in [2.45, 2.75) is 6.10 Å². The number of aromatic nitrogens is 2. The minimum absolute atomic E-state index is 0.00161. The Morgan fingerprint density at radius 3 is 2.62 bits per heavy atom. The number of nitrogens with one attached hydrogen (secondary N) is 1. The number of rotatable bonds is 5. The van der Waals surface area contributed by atoms with E-state index < -0.39 is 12.1 Å². The monoisotopic (exact) mass is 343 g/mol. The van der Waals surface area contributed by atoms with Crippen molar-refractivity contribution in [3.8, 4) is 0 Å². The lowest BCUT2D eigenvalue weighted by Gasteiger charge is -2.14. The molecule has 0 saturated heterocycles. The Bertz CT molecular complexity index is 887. The maximum absolute atomic E-state index is 11.1. The lowest BCUT2D eigenvalue weighted by molar-refractivity contribution is 0.0697. The van der Waals surface area contributed by atoms with Crippen LogP contribution in [0.5, 0.6) is 0 Å². The summed E-state index contributed by atoms with van der Waals surface area (Å²) in [7, 11) is 0. The number of anilines is 1. The van der Waals surface area contributed by atoms with Gasteiger partial charge in [-0.25, -0.2) is 14.8 Å². The van der Waals surface area contributed by atoms with Gasteiger partial charge < -0.3 is 15.5 Å². The minimum Gasteiger partial charge on any atom is -0.478 e. The molecule has 1 atom stereocenters. The van der Waals surface area contributed by atoms with Crippen molar-refractivity contribution >= 4 is 34.3 Å². The lowest BCUT2D eigenvalue weighted by Crippen LogP contribution is -2.13. The molecule has 0 radical (unpaired) electrons. The Morgan fingerprint density at radius 1 is 1.17 bits per heavy atom. The Morgan fingerprint density at radius 2 is 1.92 bits per heavy atom. The zero-order valence-corrected chi connectivity index (χ0v) is 13.2. The van der Waals surface area contributed by atoms with E-state index in [1.54, 1.807) is 6.07 Å². The van der Waals surface area contributed by atoms with E-state index in [-0.39, 0.29) is 17.4 Å². The van der Waals surface area contributed by atoms with Crippen molar-refractivity contribution in [3.63, 3.8) is 0 Å². The van der Waals surface area contributed by atoms with Crippen LogP contribution < -0.4 is 5.32 Å². The van der Waals surface area contributed by atoms with Gasteiger partial charge in [0.25, 0.3) is 0 Å². The van der Waals surface area contributed by atoms with E-state index in [2.05, 4.69) is 15.3 Å². The van der Waals surface area contributed by atoms with Gasteiger partial charge in [-0.05, 0) is 35.4 Å². The van der Waals surface area contributed by atoms with E-state index in [1.165, 1.54) is 12.1 Å². The first-order valence-electron chi connectivity index (χ1n) is 7.22. The molecule has 24 heavy (non-hydrogen) atoms. The number of halogens is 1. The predicted octanol–water partition coefficient (Wildman–Crippen LogP) is 3.13. The molecule has 1 aromatic heterocycles. The minimum atomic E-state index is -1.04. The molecule has 7 heteroatoms. The molecule has 0 aliphatic carbocycles. The highest BCUT2D eigenvalue weighted by Crippen LogP contribution is 2.24. The topological polar surface area (TPSA) is 95.3 Å². The Hall–Kier alpha value is -2.70. The van der Waals surface area contributed by atoms with Gasteiger partial charge in [0.1, 0.15) is 5.82 Å². The number of nitrogens with zero attached hydrogens (tertiary/aromatic N) is 2. The molecule has 0 unspecified atom stereocenters. The van der Waals surface area contributed by atoms with Crippen molar-refractivity contribution in [1.29, 1.82) is 0 Å². The van der Waals surface area contributed by atoms with E-state index >= 15 is 0 Å². The van der Waals surface area contributed by atoms with Crippen LogP contribution in [-0.4, -0.2) is 32.7 Å². The number of hydrogen-bond donors (Lipinski definition) is 3. The highest BCUT2D eigenvalue weighted by atomic mass is 35.5. The van der Waals surface area contributed by atoms with Crippen LogP contribution in [0, 0.1) is 0 Å². The molecular weight excluding hydrogens is 330 g/mol. The van der Waals surface area contributed by atoms with Crippen molar-refractivity contribution < 1.29 is 15.0 Å². The molecular formula is C17H14ClN3O3. The standard InChI is InChI=1S/C17H14ClN3O3/c18-17-20-13-8-11(16(23)24)6-7-12(13)15(21-17)19-9-14(22)10-4-2-1-3-5-10/h1-8,14,22H,9H2,(H,23,24)(H,19,20,21)/t14-/m0/s1. The average Bonchev–Trinajstić information content (AvgIpc) is 2.59. The van der Waals surface area contributed by atoms with Crippen LogP contribution in [0.1, 0.15) is 22.0 Å². The quantitative estimate of drug-likeness (QED) is 0.616. The molecule has 0 aliphatic heterocycles. The summed E-state index contributed by atoms with van der Waals surface area (Å²) in [6, 6.07) is 13.8. The predicted molar refractivity (Wildman–Crippen MR) is 91.4 cm³/mol. The first-order valence-corrected chi connectivity index (χ1v) is 7.60. The molecule has 3 rings (SSSR count). The first kappa shape index (κ1) is 16.2. The lowest BCUT2D eigenvalue weighted by atomic mass is 10.1. The Kier molecular flexibility index (Phi) is 4.59. The summed E-state index contributed by atoms with van der Waals surface area (Å²) in [5.74, 6) is -0.599. The number of carboxylic acid groups (broad SMARTS) is 1. The maximum Gasteiger partial charge on any atom is 0.335 e. The number of hydrogen-bond acceptors (Lipinski definition) is 5. The summed E-state index contributed by atoms with van der Waals surface area (Å²) in [6.45, 7) is 0.229. The van der Waals surface area contributed by atoms with E-state index in [0.717, 1.165) is 5.56 Å². The second-order valence-electron chi connectivity index (χ2n) is 5.19. The molecule has 0 spiro atoms. The van der Waals surface area contributed by atoms with Gasteiger partial charge in [-0.15, -0.1) is 0 Å². The highest BCUT2D eigenvalue weighted by Gasteiger charge is 2.12. The van der Waals surface area contributed by atoms with E-state index in [1.807, 2.05) is 30.3 Å². The number of carboxylic acids is 1. The van der Waals surface area contributed by atoms with E-state index in [4.69, 9.17) is 16.7 Å². The van der Waals surface area contributed by atoms with Gasteiger partial charge in [0.15, 0.2) is 0 Å². The van der Waals surface area contributed by atoms with Gasteiger partial charge in [-0.1, -0.05) is 30.3 Å². The van der Waals surface area contributed by atoms with Crippen LogP contribution in [0.4, 0.5) is 5.82 Å². The van der Waals surface area contributed by atoms with Crippen molar-refractivity contribution in [2.24, 2.45) is 0 Å². The van der Waals surface area contributed by atoms with Gasteiger partial charge in [-0.3, -0.25) is 0 Å². The fourth-order valence-electron chi connectivity index (χ4n) is 2.36. The molecule has 1 heterocycles. The third-order valence-corrected chi connectivity index (χ3v) is 3.73. The van der Waals surface area contributed by atoms with Gasteiger partial charge in [0.2, 0.25) is 5.28 Å². The second kappa shape index (κ2) is 6.82. The molecule has 0 saturated carbocycles. The summed E-state index contributed by atoms with van der Waals surface area (Å²) in [6.07, 6.45) is -0.715. The van der Waals surface area contributed by atoms with Gasteiger partial charge in [0.05, 0.1) is 17.2 Å². The number of fused-ring (bicyclic) bond motifs is 1. The number of aliphatic hydroxyl groups excluding tert-OH is 1. The first-order chi connectivity index (χ1) is 11.5. The van der Waals surface area contributed by atoms with Crippen LogP contribution >= 0.6 is 11.6 Å². The van der Waals surface area contributed by atoms with Gasteiger partial charge in [0, 0.05) is 11.9 Å². The number of benzene rings is 2. The summed E-state index contributed by atoms with van der Waals surface area (Å²) >= 11 is 5.92. The molecule has 0 fully saturated rings. The van der Waals surface area contributed by atoms with Crippen molar-refractivity contribution in [1.82, 2.24) is 9.97 Å². The fraction of sp³-hybridized carbons (Fsp3) is 0.118. The van der Waals surface area contributed by atoms with Gasteiger partial charge >= 0.3 is 5.97 Å². The normalized spacial score (nSPS) is 12.1. The van der Waals surface area contributed by atoms with Crippen LogP contribution in [-0.2, 0) is 0 Å². The summed E-state index contributed by atoms with van der Waals surface area (Å²) in [5, 5.41) is 23.0. The number of aliphatic hydroxyl groups is 1. The number of aromatic carboxylic acids is 1. The van der Waals surface area contributed by atoms with Crippen molar-refractivity contribution in [2.75, 3.05) is 11.9 Å². The fourth-order valence-corrected chi connectivity index (χ4v) is 2.53. The Labute approximate surface area is 142 Å². The molecule has 3 N–H and O–H groups in total. The Balaban J connectivity index is 1.87. The van der Waals surface area contributed by atoms with Crippen LogP contribution in [0.25, 0.3) is 10.9 Å². The molecule has 0 amide bonds. The van der Waals surface area contributed by atoms with E-state index in [9.17, 15) is 9.90 Å². The molecule has 122 valence electrons. The third-order valence-electron chi connectivity index (χ3n) is 3.56. The second-order valence-corrected chi connectivity index (χ2v) is 5.52. The molecule has 2 aromatic carbocycles. The highest BCUT2D eigenvalue weighted by molar-refractivity contribution is 6.28. The zero-order valence-electron chi connectivity index (χ0n) is 12.5. The molecule has 0 aliphatic rings. The van der Waals surface area contributed by atoms with E-state index in [0.29, 0.717) is 16.7 Å². The van der Waals surface area contributed by atoms with Gasteiger partial charge in [-0.2, -0.15) is 0 Å². The summed E-state index contributed by atoms with van der Waals surface area (Å²) in [4.78, 5) is 19.2. The average molecular weight is 344 g/mol. The van der Waals surface area contributed by atoms with Crippen LogP contribution in [0.15, 0.2) is 48.5 Å². The van der Waals surface area contributed by atoms with Crippen LogP contribution in [0.2, 0.25) is 5.28 Å². The molecule has 3 aromatic rings. The van der Waals surface area contributed by atoms with Crippen molar-refractivity contribution in [3.05, 3.63) is 64.9 Å². The van der Waals surface area contributed by atoms with Crippen LogP contribution in [0.3, 0.4) is 0 Å². The SMILES string of the molecule is O=C(O)c1ccc2c(NC[C@H](O)c3ccccc3)nc(Cl)nc2c1. The smallest absolute Gasteiger partial charge is 0.335 e. The number of carbonyl (C=O) groups is 1. The maximum atomic E-state index is 11.1. The third kappa shape index (κ3) is 3.45. The molecule has 0 bridgehead atoms. The zero-order chi connectivity index (χ0) is 17.1. The summed E-state index contributed by atoms with van der Waals surface area (Å²) in [5.41, 5.74) is 1.32. The summed E-state index contributed by atoms with van der Waals surface area (Å²) < 4.78 is 0. The largest absolute Gasteiger partial charge is 0.478 e.